The molecule has 3 heterocycles. The molecule has 0 fully saturated rings. The zero-order chi connectivity index (χ0) is 24.1. The summed E-state index contributed by atoms with van der Waals surface area (Å²) < 4.78 is 18.4. The molecule has 1 atom stereocenters. The molecule has 1 aromatic carbocycles. The summed E-state index contributed by atoms with van der Waals surface area (Å²) >= 11 is 0. The largest absolute Gasteiger partial charge is 0.503 e. The number of nitrogens with zero attached hydrogens (tertiary/aromatic N) is 3. The van der Waals surface area contributed by atoms with Gasteiger partial charge in [-0.3, -0.25) is 9.59 Å². The van der Waals surface area contributed by atoms with E-state index in [0.29, 0.717) is 43.2 Å². The summed E-state index contributed by atoms with van der Waals surface area (Å²) in [7, 11) is 1.53. The van der Waals surface area contributed by atoms with Crippen LogP contribution in [0.25, 0.3) is 0 Å². The first-order valence-electron chi connectivity index (χ1n) is 11.1. The lowest BCUT2D eigenvalue weighted by molar-refractivity contribution is -0.129. The third kappa shape index (κ3) is 4.54. The molecule has 9 nitrogen and oxygen atoms in total. The number of amides is 1. The first-order chi connectivity index (χ1) is 16.5. The van der Waals surface area contributed by atoms with Gasteiger partial charge in [0, 0.05) is 25.5 Å². The van der Waals surface area contributed by atoms with Crippen LogP contribution in [0.5, 0.6) is 11.5 Å². The fourth-order valence-corrected chi connectivity index (χ4v) is 4.03. The number of rotatable bonds is 11. The fourth-order valence-electron chi connectivity index (χ4n) is 4.03. The van der Waals surface area contributed by atoms with Gasteiger partial charge in [-0.2, -0.15) is 0 Å². The molecule has 0 unspecified atom stereocenters. The van der Waals surface area contributed by atoms with Crippen molar-refractivity contribution in [3.8, 4) is 11.5 Å². The third-order valence-corrected chi connectivity index (χ3v) is 5.63. The Hall–Kier alpha value is -4.01. The molecule has 9 heteroatoms. The number of hydrogen-bond donors (Lipinski definition) is 1. The van der Waals surface area contributed by atoms with Crippen LogP contribution in [0.2, 0.25) is 0 Å². The monoisotopic (exact) mass is 465 g/mol. The summed E-state index contributed by atoms with van der Waals surface area (Å²) in [4.78, 5) is 31.9. The van der Waals surface area contributed by atoms with E-state index in [2.05, 4.69) is 4.98 Å². The van der Waals surface area contributed by atoms with Gasteiger partial charge in [-0.05, 0) is 42.7 Å². The SMILES string of the molecule is CCCOc1ccc([C@H]2C(C(=O)c3ccco3)=C(O)C(=O)N2CCCn2ccnc2)cc1OC. The number of aliphatic hydroxyl groups excluding tert-OH is 1. The van der Waals surface area contributed by atoms with Crippen molar-refractivity contribution in [1.82, 2.24) is 14.5 Å². The van der Waals surface area contributed by atoms with Gasteiger partial charge in [0.25, 0.3) is 5.91 Å². The van der Waals surface area contributed by atoms with Crippen LogP contribution in [-0.2, 0) is 11.3 Å². The van der Waals surface area contributed by atoms with Crippen LogP contribution in [0, 0.1) is 0 Å². The summed E-state index contributed by atoms with van der Waals surface area (Å²) in [5.41, 5.74) is 0.600. The minimum Gasteiger partial charge on any atom is -0.503 e. The minimum atomic E-state index is -0.804. The van der Waals surface area contributed by atoms with E-state index in [4.69, 9.17) is 13.9 Å². The zero-order valence-corrected chi connectivity index (χ0v) is 19.1. The summed E-state index contributed by atoms with van der Waals surface area (Å²) in [5, 5.41) is 10.8. The van der Waals surface area contributed by atoms with E-state index < -0.39 is 23.5 Å². The quantitative estimate of drug-likeness (QED) is 0.427. The van der Waals surface area contributed by atoms with E-state index >= 15 is 0 Å². The number of ketones is 1. The van der Waals surface area contributed by atoms with Crippen molar-refractivity contribution in [1.29, 1.82) is 0 Å². The van der Waals surface area contributed by atoms with Crippen molar-refractivity contribution in [3.63, 3.8) is 0 Å². The molecule has 0 saturated carbocycles. The second-order valence-corrected chi connectivity index (χ2v) is 7.88. The Morgan fingerprint density at radius 2 is 2.09 bits per heavy atom. The van der Waals surface area contributed by atoms with E-state index in [1.807, 2.05) is 17.7 Å². The summed E-state index contributed by atoms with van der Waals surface area (Å²) in [6.07, 6.45) is 8.04. The van der Waals surface area contributed by atoms with Gasteiger partial charge in [-0.25, -0.2) is 4.98 Å². The molecule has 0 saturated heterocycles. The zero-order valence-electron chi connectivity index (χ0n) is 19.1. The van der Waals surface area contributed by atoms with Crippen molar-refractivity contribution in [2.45, 2.75) is 32.4 Å². The number of benzene rings is 1. The number of furan rings is 1. The Labute approximate surface area is 197 Å². The van der Waals surface area contributed by atoms with Gasteiger partial charge in [-0.1, -0.05) is 13.0 Å². The average Bonchev–Trinajstić information content (AvgIpc) is 3.61. The lowest BCUT2D eigenvalue weighted by atomic mass is 9.94. The number of methoxy groups -OCH3 is 1. The molecule has 1 aliphatic rings. The van der Waals surface area contributed by atoms with Crippen molar-refractivity contribution in [2.24, 2.45) is 0 Å². The van der Waals surface area contributed by atoms with E-state index in [1.165, 1.54) is 24.3 Å². The van der Waals surface area contributed by atoms with Gasteiger partial charge in [0.1, 0.15) is 0 Å². The van der Waals surface area contributed by atoms with Crippen molar-refractivity contribution >= 4 is 11.7 Å². The highest BCUT2D eigenvalue weighted by molar-refractivity contribution is 6.15. The first kappa shape index (κ1) is 23.2. The van der Waals surface area contributed by atoms with Crippen LogP contribution in [0.4, 0.5) is 0 Å². The fraction of sp³-hybridized carbons (Fsp3) is 0.320. The van der Waals surface area contributed by atoms with Crippen molar-refractivity contribution in [3.05, 3.63) is 78.0 Å². The summed E-state index contributed by atoms with van der Waals surface area (Å²) in [5.74, 6) is -0.614. The molecule has 1 amide bonds. The molecule has 0 spiro atoms. The Kier molecular flexibility index (Phi) is 7.01. The number of aliphatic hydroxyl groups is 1. The van der Waals surface area contributed by atoms with Crippen LogP contribution in [-0.4, -0.2) is 51.5 Å². The molecule has 0 radical (unpaired) electrons. The van der Waals surface area contributed by atoms with Gasteiger partial charge >= 0.3 is 0 Å². The predicted molar refractivity (Wildman–Crippen MR) is 123 cm³/mol. The summed E-state index contributed by atoms with van der Waals surface area (Å²) in [6.45, 7) is 3.48. The molecule has 34 heavy (non-hydrogen) atoms. The molecule has 0 bridgehead atoms. The van der Waals surface area contributed by atoms with Crippen molar-refractivity contribution < 1.29 is 28.6 Å². The highest BCUT2D eigenvalue weighted by atomic mass is 16.5. The van der Waals surface area contributed by atoms with E-state index in [1.54, 1.807) is 36.8 Å². The third-order valence-electron chi connectivity index (χ3n) is 5.63. The molecule has 0 aliphatic carbocycles. The number of hydrogen-bond acceptors (Lipinski definition) is 7. The Balaban J connectivity index is 1.69. The molecule has 2 aromatic heterocycles. The average molecular weight is 466 g/mol. The molecular formula is C25H27N3O6. The Morgan fingerprint density at radius 3 is 2.76 bits per heavy atom. The minimum absolute atomic E-state index is 0.0214. The predicted octanol–water partition coefficient (Wildman–Crippen LogP) is 3.94. The van der Waals surface area contributed by atoms with Crippen LogP contribution in [0.15, 0.2) is 71.1 Å². The standard InChI is InChI=1S/C25H27N3O6/c1-3-13-33-18-8-7-17(15-20(18)32-2)22-21(23(29)19-6-4-14-34-19)24(30)25(31)28(22)11-5-10-27-12-9-26-16-27/h4,6-9,12,14-16,22,30H,3,5,10-11,13H2,1-2H3/t22-/m0/s1. The number of carbonyl (C=O) groups excluding carboxylic acids is 2. The van der Waals surface area contributed by atoms with Gasteiger partial charge < -0.3 is 28.5 Å². The Morgan fingerprint density at radius 1 is 1.24 bits per heavy atom. The highest BCUT2D eigenvalue weighted by Gasteiger charge is 2.44. The molecule has 1 N–H and O–H groups in total. The molecule has 1 aliphatic heterocycles. The molecule has 178 valence electrons. The number of aryl methyl sites for hydroxylation is 1. The maximum absolute atomic E-state index is 13.3. The molecular weight excluding hydrogens is 438 g/mol. The van der Waals surface area contributed by atoms with Crippen LogP contribution in [0.3, 0.4) is 0 Å². The lowest BCUT2D eigenvalue weighted by Crippen LogP contribution is -2.32. The van der Waals surface area contributed by atoms with Gasteiger partial charge in [0.2, 0.25) is 5.78 Å². The maximum atomic E-state index is 13.3. The topological polar surface area (TPSA) is 107 Å². The number of carbonyl (C=O) groups is 2. The lowest BCUT2D eigenvalue weighted by Gasteiger charge is -2.27. The second kappa shape index (κ2) is 10.3. The van der Waals surface area contributed by atoms with E-state index in [-0.39, 0.29) is 11.3 Å². The van der Waals surface area contributed by atoms with Crippen molar-refractivity contribution in [2.75, 3.05) is 20.3 Å². The van der Waals surface area contributed by atoms with Crippen LogP contribution in [0.1, 0.15) is 41.9 Å². The van der Waals surface area contributed by atoms with E-state index in [0.717, 1.165) is 6.42 Å². The summed E-state index contributed by atoms with van der Waals surface area (Å²) in [6, 6.07) is 7.56. The number of imidazole rings is 1. The number of aromatic nitrogens is 2. The first-order valence-corrected chi connectivity index (χ1v) is 11.1. The Bertz CT molecular complexity index is 1170. The van der Waals surface area contributed by atoms with Gasteiger partial charge in [0.15, 0.2) is 23.0 Å². The van der Waals surface area contributed by atoms with E-state index in [9.17, 15) is 14.7 Å². The smallest absolute Gasteiger partial charge is 0.290 e. The van der Waals surface area contributed by atoms with Gasteiger partial charge in [0.05, 0.1) is 37.9 Å². The number of Topliss-reactive ketones (excluding diaryl/α,β-unsaturated/α-hetero) is 1. The maximum Gasteiger partial charge on any atom is 0.290 e. The van der Waals surface area contributed by atoms with Crippen LogP contribution < -0.4 is 9.47 Å². The molecule has 4 rings (SSSR count). The van der Waals surface area contributed by atoms with Gasteiger partial charge in [-0.15, -0.1) is 0 Å². The second-order valence-electron chi connectivity index (χ2n) is 7.88. The van der Waals surface area contributed by atoms with Crippen LogP contribution >= 0.6 is 0 Å². The highest BCUT2D eigenvalue weighted by Crippen LogP contribution is 2.41. The molecule has 3 aromatic rings. The number of ether oxygens (including phenoxy) is 2. The normalized spacial score (nSPS) is 15.8.